The van der Waals surface area contributed by atoms with Gasteiger partial charge in [0.25, 0.3) is 5.91 Å². The molecule has 0 bridgehead atoms. The van der Waals surface area contributed by atoms with Crippen LogP contribution in [0.2, 0.25) is 10.1 Å². The zero-order valence-corrected chi connectivity index (χ0v) is 26.3. The second kappa shape index (κ2) is 9.46. The van der Waals surface area contributed by atoms with Crippen LogP contribution in [0, 0.1) is 0 Å². The Kier molecular flexibility index (Phi) is 6.35. The minimum atomic E-state index is -3.08. The maximum atomic E-state index is 14.4. The zero-order chi connectivity index (χ0) is 29.3. The Morgan fingerprint density at radius 3 is 2.07 bits per heavy atom. The number of hydrogen-bond donors (Lipinski definition) is 0. The van der Waals surface area contributed by atoms with Gasteiger partial charge in [-0.15, -0.1) is 0 Å². The maximum absolute atomic E-state index is 14.4. The van der Waals surface area contributed by atoms with Gasteiger partial charge in [0, 0.05) is 37.7 Å². The fourth-order valence-electron chi connectivity index (χ4n) is 6.32. The first-order valence-corrected chi connectivity index (χ1v) is 16.8. The molecule has 0 saturated heterocycles. The Labute approximate surface area is 244 Å². The average Bonchev–Trinajstić information content (AvgIpc) is 3.29. The third kappa shape index (κ3) is 4.10. The van der Waals surface area contributed by atoms with E-state index in [0.717, 1.165) is 16.6 Å². The summed E-state index contributed by atoms with van der Waals surface area (Å²) in [6.45, 7) is 13.3. The van der Waals surface area contributed by atoms with Gasteiger partial charge in [-0.1, -0.05) is 77.9 Å². The lowest BCUT2D eigenvalue weighted by molar-refractivity contribution is 0.0994. The number of anilines is 1. The number of carbonyl (C=O) groups excluding carboxylic acids is 1. The summed E-state index contributed by atoms with van der Waals surface area (Å²) in [6, 6.07) is 22.6. The Hall–Kier alpha value is -3.62. The van der Waals surface area contributed by atoms with Crippen LogP contribution in [0.25, 0.3) is 10.8 Å². The Bertz CT molecular complexity index is 1690. The molecule has 6 nitrogen and oxygen atoms in total. The Morgan fingerprint density at radius 1 is 0.878 bits per heavy atom. The van der Waals surface area contributed by atoms with E-state index in [1.54, 1.807) is 12.0 Å². The van der Waals surface area contributed by atoms with Gasteiger partial charge in [-0.05, 0) is 30.3 Å². The highest BCUT2D eigenvalue weighted by atomic mass is 32.2. The number of rotatable bonds is 4. The van der Waals surface area contributed by atoms with Crippen LogP contribution in [-0.2, 0) is 17.3 Å². The summed E-state index contributed by atoms with van der Waals surface area (Å²) in [5.74, 6) is 1.69. The van der Waals surface area contributed by atoms with Crippen LogP contribution < -0.4 is 18.5 Å². The normalized spacial score (nSPS) is 16.7. The number of carbonyl (C=O) groups is 1. The fourth-order valence-corrected chi connectivity index (χ4v) is 12.2. The standard InChI is InChI=1S/C33H35NO5SSi/c1-32(2,3)41(33(4,5)6)38-26-19-22(37-7)18-24-27(26)29(39-41)25-20-34(21-14-10-8-11-15-21)31(35)28(25)30(24)40(36)23-16-12-9-13-17-23/h8-19H,20H2,1-7H3. The highest BCUT2D eigenvalue weighted by Gasteiger charge is 2.64. The molecule has 4 aromatic carbocycles. The van der Waals surface area contributed by atoms with Crippen LogP contribution >= 0.6 is 0 Å². The predicted octanol–water partition coefficient (Wildman–Crippen LogP) is 7.99. The molecule has 2 aliphatic heterocycles. The highest BCUT2D eigenvalue weighted by molar-refractivity contribution is 7.85. The summed E-state index contributed by atoms with van der Waals surface area (Å²) in [4.78, 5) is 17.2. The number of benzene rings is 4. The number of nitrogens with zero attached hydrogens (tertiary/aromatic N) is 1. The number of fused-ring (bicyclic) bond motifs is 2. The minimum Gasteiger partial charge on any atom is -0.510 e. The molecule has 41 heavy (non-hydrogen) atoms. The summed E-state index contributed by atoms with van der Waals surface area (Å²) < 4.78 is 34.4. The fraction of sp³-hybridized carbons (Fsp3) is 0.303. The Morgan fingerprint density at radius 2 is 1.49 bits per heavy atom. The van der Waals surface area contributed by atoms with Crippen molar-refractivity contribution >= 4 is 41.7 Å². The van der Waals surface area contributed by atoms with Gasteiger partial charge in [0.2, 0.25) is 0 Å². The largest absolute Gasteiger partial charge is 0.510 e. The van der Waals surface area contributed by atoms with Gasteiger partial charge in [0.1, 0.15) is 17.2 Å². The number of amides is 1. The lowest BCUT2D eigenvalue weighted by Crippen LogP contribution is -2.63. The van der Waals surface area contributed by atoms with E-state index in [9.17, 15) is 9.00 Å². The van der Waals surface area contributed by atoms with Crippen molar-refractivity contribution in [2.45, 2.75) is 68.0 Å². The second-order valence-electron chi connectivity index (χ2n) is 12.7. The monoisotopic (exact) mass is 585 g/mol. The van der Waals surface area contributed by atoms with Gasteiger partial charge >= 0.3 is 8.56 Å². The molecule has 0 aliphatic carbocycles. The molecule has 0 radical (unpaired) electrons. The summed E-state index contributed by atoms with van der Waals surface area (Å²) in [5, 5.41) is 0.740. The van der Waals surface area contributed by atoms with Crippen molar-refractivity contribution in [3.05, 3.63) is 83.9 Å². The van der Waals surface area contributed by atoms with Crippen LogP contribution in [0.15, 0.2) is 82.6 Å². The molecular weight excluding hydrogens is 551 g/mol. The van der Waals surface area contributed by atoms with Crippen LogP contribution in [0.5, 0.6) is 17.2 Å². The molecule has 4 aromatic rings. The number of hydrogen-bond acceptors (Lipinski definition) is 5. The average molecular weight is 586 g/mol. The van der Waals surface area contributed by atoms with Crippen molar-refractivity contribution < 1.29 is 22.6 Å². The molecule has 0 N–H and O–H groups in total. The molecule has 1 unspecified atom stereocenters. The quantitative estimate of drug-likeness (QED) is 0.227. The van der Waals surface area contributed by atoms with Crippen LogP contribution in [0.1, 0.15) is 57.5 Å². The van der Waals surface area contributed by atoms with Crippen molar-refractivity contribution in [1.82, 2.24) is 0 Å². The van der Waals surface area contributed by atoms with Gasteiger partial charge in [-0.3, -0.25) is 4.79 Å². The van der Waals surface area contributed by atoms with E-state index in [2.05, 4.69) is 41.5 Å². The maximum Gasteiger partial charge on any atom is 0.471 e. The van der Waals surface area contributed by atoms with Crippen molar-refractivity contribution in [2.75, 3.05) is 12.0 Å². The molecule has 0 saturated carbocycles. The first-order valence-electron chi connectivity index (χ1n) is 13.8. The van der Waals surface area contributed by atoms with Crippen LogP contribution in [0.4, 0.5) is 5.69 Å². The molecule has 1 atom stereocenters. The zero-order valence-electron chi connectivity index (χ0n) is 24.5. The summed E-state index contributed by atoms with van der Waals surface area (Å²) >= 11 is 0. The van der Waals surface area contributed by atoms with E-state index in [1.807, 2.05) is 72.8 Å². The first-order chi connectivity index (χ1) is 19.4. The molecule has 6 rings (SSSR count). The smallest absolute Gasteiger partial charge is 0.471 e. The lowest BCUT2D eigenvalue weighted by atomic mass is 9.99. The molecule has 0 aromatic heterocycles. The van der Waals surface area contributed by atoms with E-state index >= 15 is 0 Å². The van der Waals surface area contributed by atoms with Gasteiger partial charge in [0.15, 0.2) is 0 Å². The first kappa shape index (κ1) is 27.5. The number of para-hydroxylation sites is 1. The van der Waals surface area contributed by atoms with Crippen molar-refractivity contribution in [2.24, 2.45) is 0 Å². The van der Waals surface area contributed by atoms with E-state index in [0.29, 0.717) is 44.5 Å². The second-order valence-corrected chi connectivity index (χ2v) is 18.7. The molecular formula is C33H35NO5SSi. The number of ether oxygens (including phenoxy) is 1. The van der Waals surface area contributed by atoms with Crippen LogP contribution in [-0.4, -0.2) is 25.8 Å². The SMILES string of the molecule is COc1cc2c3c(c4c(c(S(=O)c5ccccc5)c3c1)C(=O)N(c1ccccc1)C4)O[Si](C(C)(C)C)(C(C)(C)C)O2. The van der Waals surface area contributed by atoms with E-state index in [-0.39, 0.29) is 16.0 Å². The summed E-state index contributed by atoms with van der Waals surface area (Å²) in [7, 11) is -3.13. The minimum absolute atomic E-state index is 0.193. The van der Waals surface area contributed by atoms with Crippen LogP contribution in [0.3, 0.4) is 0 Å². The molecule has 0 spiro atoms. The Balaban J connectivity index is 1.73. The third-order valence-electron chi connectivity index (χ3n) is 8.05. The topological polar surface area (TPSA) is 65.1 Å². The van der Waals surface area contributed by atoms with Crippen molar-refractivity contribution in [3.8, 4) is 17.2 Å². The molecule has 0 fully saturated rings. The van der Waals surface area contributed by atoms with Gasteiger partial charge in [-0.25, -0.2) is 4.21 Å². The van der Waals surface area contributed by atoms with E-state index in [4.69, 9.17) is 13.6 Å². The van der Waals surface area contributed by atoms with E-state index in [1.165, 1.54) is 0 Å². The van der Waals surface area contributed by atoms with Crippen molar-refractivity contribution in [3.63, 3.8) is 0 Å². The summed E-state index contributed by atoms with van der Waals surface area (Å²) in [6.07, 6.45) is 0. The molecule has 8 heteroatoms. The highest BCUT2D eigenvalue weighted by Crippen LogP contribution is 2.59. The summed E-state index contributed by atoms with van der Waals surface area (Å²) in [5.41, 5.74) is 1.97. The van der Waals surface area contributed by atoms with E-state index < -0.39 is 19.4 Å². The third-order valence-corrected chi connectivity index (χ3v) is 14.5. The molecule has 212 valence electrons. The van der Waals surface area contributed by atoms with Gasteiger partial charge in [-0.2, -0.15) is 0 Å². The van der Waals surface area contributed by atoms with Gasteiger partial charge in [0.05, 0.1) is 40.3 Å². The predicted molar refractivity (Wildman–Crippen MR) is 165 cm³/mol. The molecule has 1 amide bonds. The lowest BCUT2D eigenvalue weighted by Gasteiger charge is -2.50. The molecule has 2 heterocycles. The molecule has 2 aliphatic rings. The van der Waals surface area contributed by atoms with Gasteiger partial charge < -0.3 is 18.5 Å². The number of methoxy groups -OCH3 is 1. The van der Waals surface area contributed by atoms with Crippen molar-refractivity contribution in [1.29, 1.82) is 0 Å².